The Morgan fingerprint density at radius 2 is 1.89 bits per heavy atom. The van der Waals surface area contributed by atoms with Crippen LogP contribution in [-0.4, -0.2) is 36.3 Å². The number of hydrogen-bond acceptors (Lipinski definition) is 3. The molecule has 0 bridgehead atoms. The van der Waals surface area contributed by atoms with E-state index in [1.807, 2.05) is 30.3 Å². The van der Waals surface area contributed by atoms with Gasteiger partial charge in [0.2, 0.25) is 0 Å². The molecule has 0 aliphatic heterocycles. The fourth-order valence-electron chi connectivity index (χ4n) is 1.67. The van der Waals surface area contributed by atoms with Crippen molar-refractivity contribution < 1.29 is 4.74 Å². The van der Waals surface area contributed by atoms with E-state index in [0.29, 0.717) is 11.8 Å². The van der Waals surface area contributed by atoms with E-state index in [9.17, 15) is 0 Å². The summed E-state index contributed by atoms with van der Waals surface area (Å²) in [5.74, 6) is 0. The number of nitrogens with zero attached hydrogens (tertiary/aromatic N) is 1. The van der Waals surface area contributed by atoms with Crippen molar-refractivity contribution >= 4 is 23.1 Å². The fourth-order valence-corrected chi connectivity index (χ4v) is 1.87. The molecule has 0 heterocycles. The third kappa shape index (κ3) is 5.98. The normalized spacial score (nSPS) is 10.4. The number of anilines is 1. The van der Waals surface area contributed by atoms with Crippen molar-refractivity contribution in [3.05, 3.63) is 30.3 Å². The van der Waals surface area contributed by atoms with Gasteiger partial charge in [0.1, 0.15) is 0 Å². The van der Waals surface area contributed by atoms with Crippen molar-refractivity contribution in [1.82, 2.24) is 4.90 Å². The first kappa shape index (κ1) is 14.9. The number of nitrogens with one attached hydrogen (secondary N) is 1. The average molecular weight is 266 g/mol. The van der Waals surface area contributed by atoms with Crippen molar-refractivity contribution in [3.8, 4) is 0 Å². The van der Waals surface area contributed by atoms with Gasteiger partial charge in [-0.25, -0.2) is 0 Å². The highest BCUT2D eigenvalue weighted by molar-refractivity contribution is 7.80. The molecule has 0 aliphatic rings. The van der Waals surface area contributed by atoms with Gasteiger partial charge in [0.05, 0.1) is 6.61 Å². The third-order valence-corrected chi connectivity index (χ3v) is 2.99. The molecule has 0 fully saturated rings. The molecule has 0 aliphatic carbocycles. The Morgan fingerprint density at radius 3 is 2.50 bits per heavy atom. The molecule has 0 spiro atoms. The first-order chi connectivity index (χ1) is 8.76. The maximum atomic E-state index is 5.48. The highest BCUT2D eigenvalue weighted by Gasteiger charge is 2.00. The van der Waals surface area contributed by atoms with Gasteiger partial charge in [-0.1, -0.05) is 32.0 Å². The largest absolute Gasteiger partial charge is 0.471 e. The summed E-state index contributed by atoms with van der Waals surface area (Å²) in [5, 5.41) is 3.50. The van der Waals surface area contributed by atoms with Gasteiger partial charge in [0.25, 0.3) is 5.17 Å². The minimum atomic E-state index is 0.445. The number of hydrogen-bond donors (Lipinski definition) is 1. The summed E-state index contributed by atoms with van der Waals surface area (Å²) in [6.45, 7) is 8.24. The van der Waals surface area contributed by atoms with Crippen LogP contribution in [-0.2, 0) is 4.74 Å². The van der Waals surface area contributed by atoms with Crippen molar-refractivity contribution in [2.24, 2.45) is 0 Å². The van der Waals surface area contributed by atoms with E-state index >= 15 is 0 Å². The van der Waals surface area contributed by atoms with Gasteiger partial charge in [-0.2, -0.15) is 0 Å². The summed E-state index contributed by atoms with van der Waals surface area (Å²) in [4.78, 5) is 2.37. The van der Waals surface area contributed by atoms with Gasteiger partial charge in [0, 0.05) is 12.2 Å². The molecule has 3 nitrogen and oxygen atoms in total. The van der Waals surface area contributed by atoms with Gasteiger partial charge in [-0.3, -0.25) is 0 Å². The second-order valence-corrected chi connectivity index (χ2v) is 4.38. The Morgan fingerprint density at radius 1 is 1.22 bits per heavy atom. The first-order valence-corrected chi connectivity index (χ1v) is 6.88. The van der Waals surface area contributed by atoms with Crippen LogP contribution in [0.1, 0.15) is 20.3 Å². The molecular weight excluding hydrogens is 244 g/mol. The van der Waals surface area contributed by atoms with Crippen LogP contribution in [0, 0.1) is 0 Å². The zero-order chi connectivity index (χ0) is 13.2. The van der Waals surface area contributed by atoms with Crippen LogP contribution < -0.4 is 5.32 Å². The van der Waals surface area contributed by atoms with Crippen LogP contribution in [0.4, 0.5) is 5.69 Å². The molecule has 4 heteroatoms. The minimum Gasteiger partial charge on any atom is -0.471 e. The van der Waals surface area contributed by atoms with Crippen molar-refractivity contribution in [3.63, 3.8) is 0 Å². The number of para-hydroxylation sites is 1. The van der Waals surface area contributed by atoms with E-state index in [0.717, 1.165) is 31.7 Å². The molecule has 1 aromatic rings. The molecule has 1 rings (SSSR count). The minimum absolute atomic E-state index is 0.445. The van der Waals surface area contributed by atoms with E-state index in [4.69, 9.17) is 17.0 Å². The molecule has 0 atom stereocenters. The molecular formula is C14H22N2OS. The summed E-state index contributed by atoms with van der Waals surface area (Å²) >= 11 is 5.12. The van der Waals surface area contributed by atoms with E-state index in [-0.39, 0.29) is 0 Å². The second kappa shape index (κ2) is 8.89. The fraction of sp³-hybridized carbons (Fsp3) is 0.500. The lowest BCUT2D eigenvalue weighted by atomic mass is 10.3. The van der Waals surface area contributed by atoms with Gasteiger partial charge >= 0.3 is 0 Å². The molecule has 100 valence electrons. The van der Waals surface area contributed by atoms with Crippen molar-refractivity contribution in [2.45, 2.75) is 20.3 Å². The van der Waals surface area contributed by atoms with Crippen LogP contribution >= 0.6 is 12.2 Å². The lowest BCUT2D eigenvalue weighted by molar-refractivity contribution is 0.246. The third-order valence-electron chi connectivity index (χ3n) is 2.77. The highest BCUT2D eigenvalue weighted by atomic mass is 32.1. The van der Waals surface area contributed by atoms with Crippen molar-refractivity contribution in [1.29, 1.82) is 0 Å². The van der Waals surface area contributed by atoms with E-state index in [1.54, 1.807) is 0 Å². The number of thiocarbonyl (C=S) groups is 1. The Hall–Kier alpha value is -1.13. The molecule has 18 heavy (non-hydrogen) atoms. The molecule has 0 saturated heterocycles. The van der Waals surface area contributed by atoms with Gasteiger partial charge in [0.15, 0.2) is 0 Å². The summed E-state index contributed by atoms with van der Waals surface area (Å²) < 4.78 is 5.48. The maximum Gasteiger partial charge on any atom is 0.261 e. The zero-order valence-corrected chi connectivity index (χ0v) is 12.0. The van der Waals surface area contributed by atoms with Crippen LogP contribution in [0.3, 0.4) is 0 Å². The lowest BCUT2D eigenvalue weighted by Gasteiger charge is -2.17. The van der Waals surface area contributed by atoms with Crippen LogP contribution in [0.25, 0.3) is 0 Å². The molecule has 0 aromatic heterocycles. The second-order valence-electron chi connectivity index (χ2n) is 4.01. The van der Waals surface area contributed by atoms with Gasteiger partial charge in [-0.05, 0) is 43.9 Å². The highest BCUT2D eigenvalue weighted by Crippen LogP contribution is 2.05. The molecule has 0 saturated carbocycles. The number of benzene rings is 1. The first-order valence-electron chi connectivity index (χ1n) is 6.47. The number of rotatable bonds is 7. The quantitative estimate of drug-likeness (QED) is 0.605. The standard InChI is InChI=1S/C14H22N2OS/c1-3-16(4-2)11-8-12-17-14(18)15-13-9-6-5-7-10-13/h5-7,9-10H,3-4,8,11-12H2,1-2H3,(H,15,18). The average Bonchev–Trinajstić information content (AvgIpc) is 2.40. The number of ether oxygens (including phenoxy) is 1. The van der Waals surface area contributed by atoms with E-state index in [2.05, 4.69) is 24.1 Å². The summed E-state index contributed by atoms with van der Waals surface area (Å²) in [7, 11) is 0. The van der Waals surface area contributed by atoms with Crippen LogP contribution in [0.5, 0.6) is 0 Å². The lowest BCUT2D eigenvalue weighted by Crippen LogP contribution is -2.25. The van der Waals surface area contributed by atoms with Gasteiger partial charge < -0.3 is 15.0 Å². The Kier molecular flexibility index (Phi) is 7.37. The SMILES string of the molecule is CCN(CC)CCCOC(=S)Nc1ccccc1. The zero-order valence-electron chi connectivity index (χ0n) is 11.2. The molecule has 0 unspecified atom stereocenters. The summed E-state index contributed by atoms with van der Waals surface area (Å²) in [6.07, 6.45) is 0.998. The molecule has 1 aromatic carbocycles. The summed E-state index contributed by atoms with van der Waals surface area (Å²) in [5.41, 5.74) is 0.964. The summed E-state index contributed by atoms with van der Waals surface area (Å²) in [6, 6.07) is 9.83. The Balaban J connectivity index is 2.14. The van der Waals surface area contributed by atoms with Crippen LogP contribution in [0.15, 0.2) is 30.3 Å². The van der Waals surface area contributed by atoms with E-state index in [1.165, 1.54) is 0 Å². The Labute approximate surface area is 115 Å². The molecule has 1 N–H and O–H groups in total. The van der Waals surface area contributed by atoms with Gasteiger partial charge in [-0.15, -0.1) is 0 Å². The smallest absolute Gasteiger partial charge is 0.261 e. The maximum absolute atomic E-state index is 5.48. The monoisotopic (exact) mass is 266 g/mol. The Bertz CT molecular complexity index is 339. The van der Waals surface area contributed by atoms with E-state index < -0.39 is 0 Å². The predicted molar refractivity (Wildman–Crippen MR) is 81.0 cm³/mol. The topological polar surface area (TPSA) is 24.5 Å². The molecule has 0 amide bonds. The van der Waals surface area contributed by atoms with Crippen molar-refractivity contribution in [2.75, 3.05) is 31.6 Å². The van der Waals surface area contributed by atoms with Crippen LogP contribution in [0.2, 0.25) is 0 Å². The molecule has 0 radical (unpaired) electrons. The predicted octanol–water partition coefficient (Wildman–Crippen LogP) is 3.13.